The van der Waals surface area contributed by atoms with E-state index in [2.05, 4.69) is 26.2 Å². The van der Waals surface area contributed by atoms with Gasteiger partial charge in [-0.15, -0.1) is 11.3 Å². The highest BCUT2D eigenvalue weighted by molar-refractivity contribution is 9.10. The third-order valence-electron chi connectivity index (χ3n) is 2.40. The molecule has 18 heavy (non-hydrogen) atoms. The second-order valence-electron chi connectivity index (χ2n) is 3.68. The molecule has 0 aliphatic rings. The van der Waals surface area contributed by atoms with Crippen LogP contribution in [0, 0.1) is 0 Å². The summed E-state index contributed by atoms with van der Waals surface area (Å²) in [6.07, 6.45) is 1.83. The van der Waals surface area contributed by atoms with Crippen LogP contribution in [0.2, 0.25) is 0 Å². The van der Waals surface area contributed by atoms with Crippen molar-refractivity contribution in [3.05, 3.63) is 50.4 Å². The maximum Gasteiger partial charge on any atom is 0.335 e. The number of carbonyl (C=O) groups is 1. The van der Waals surface area contributed by atoms with Crippen LogP contribution in [0.15, 0.2) is 34.4 Å². The molecule has 2 N–H and O–H groups in total. The fraction of sp³-hybridized carbons (Fsp3) is 0.167. The second kappa shape index (κ2) is 6.08. The third-order valence-corrected chi connectivity index (χ3v) is 3.92. The van der Waals surface area contributed by atoms with Gasteiger partial charge < -0.3 is 10.4 Å². The Hall–Kier alpha value is -1.24. The number of nitrogens with one attached hydrogen (secondary N) is 1. The standard InChI is InChI=1S/C12H11BrN2O2S/c13-11-3-8(12(16)17)1-2-9(11)4-14-5-10-6-15-7-18-10/h1-3,6-7,14H,4-5H2,(H,16,17). The average molecular weight is 327 g/mol. The summed E-state index contributed by atoms with van der Waals surface area (Å²) in [5, 5.41) is 12.1. The molecular weight excluding hydrogens is 316 g/mol. The molecule has 0 atom stereocenters. The fourth-order valence-corrected chi connectivity index (χ4v) is 2.56. The highest BCUT2D eigenvalue weighted by Gasteiger charge is 2.06. The summed E-state index contributed by atoms with van der Waals surface area (Å²) in [7, 11) is 0. The molecule has 0 spiro atoms. The lowest BCUT2D eigenvalue weighted by Crippen LogP contribution is -2.12. The molecule has 1 aromatic heterocycles. The van der Waals surface area contributed by atoms with E-state index in [1.165, 1.54) is 4.88 Å². The lowest BCUT2D eigenvalue weighted by molar-refractivity contribution is 0.0697. The van der Waals surface area contributed by atoms with E-state index in [1.54, 1.807) is 29.0 Å². The summed E-state index contributed by atoms with van der Waals surface area (Å²) in [6.45, 7) is 1.44. The van der Waals surface area contributed by atoms with Crippen molar-refractivity contribution >= 4 is 33.2 Å². The molecule has 4 nitrogen and oxygen atoms in total. The zero-order chi connectivity index (χ0) is 13.0. The summed E-state index contributed by atoms with van der Waals surface area (Å²) in [5.41, 5.74) is 3.12. The summed E-state index contributed by atoms with van der Waals surface area (Å²) >= 11 is 4.99. The number of carboxylic acids is 1. The first-order chi connectivity index (χ1) is 8.66. The highest BCUT2D eigenvalue weighted by Crippen LogP contribution is 2.19. The van der Waals surface area contributed by atoms with Gasteiger partial charge in [0.15, 0.2) is 0 Å². The molecule has 2 rings (SSSR count). The van der Waals surface area contributed by atoms with Gasteiger partial charge >= 0.3 is 5.97 Å². The smallest absolute Gasteiger partial charge is 0.335 e. The van der Waals surface area contributed by atoms with Gasteiger partial charge in [-0.3, -0.25) is 4.98 Å². The first kappa shape index (κ1) is 13.2. The Labute approximate surface area is 117 Å². The van der Waals surface area contributed by atoms with Gasteiger partial charge in [-0.2, -0.15) is 0 Å². The molecule has 2 aromatic rings. The number of benzene rings is 1. The van der Waals surface area contributed by atoms with Gasteiger partial charge in [0.1, 0.15) is 0 Å². The Morgan fingerprint density at radius 1 is 1.44 bits per heavy atom. The van der Waals surface area contributed by atoms with E-state index in [0.717, 1.165) is 16.6 Å². The van der Waals surface area contributed by atoms with Gasteiger partial charge in [0.2, 0.25) is 0 Å². The van der Waals surface area contributed by atoms with Crippen molar-refractivity contribution in [2.75, 3.05) is 0 Å². The summed E-state index contributed by atoms with van der Waals surface area (Å²) in [5.74, 6) is -0.917. The maximum atomic E-state index is 10.8. The normalized spacial score (nSPS) is 10.5. The topological polar surface area (TPSA) is 62.2 Å². The summed E-state index contributed by atoms with van der Waals surface area (Å²) in [6, 6.07) is 5.04. The predicted octanol–water partition coefficient (Wildman–Crippen LogP) is 2.89. The van der Waals surface area contributed by atoms with E-state index >= 15 is 0 Å². The molecular formula is C12H11BrN2O2S. The van der Waals surface area contributed by atoms with Crippen LogP contribution in [-0.2, 0) is 13.1 Å². The number of aromatic carboxylic acids is 1. The molecule has 94 valence electrons. The van der Waals surface area contributed by atoms with Crippen molar-refractivity contribution in [3.8, 4) is 0 Å². The summed E-state index contributed by atoms with van der Waals surface area (Å²) < 4.78 is 0.805. The number of rotatable bonds is 5. The molecule has 0 saturated heterocycles. The van der Waals surface area contributed by atoms with Crippen molar-refractivity contribution in [1.82, 2.24) is 10.3 Å². The van der Waals surface area contributed by atoms with E-state index in [4.69, 9.17) is 5.11 Å². The number of aromatic nitrogens is 1. The van der Waals surface area contributed by atoms with Crippen LogP contribution in [0.25, 0.3) is 0 Å². The molecule has 0 bridgehead atoms. The Morgan fingerprint density at radius 3 is 2.89 bits per heavy atom. The lowest BCUT2D eigenvalue weighted by atomic mass is 10.1. The van der Waals surface area contributed by atoms with Crippen molar-refractivity contribution < 1.29 is 9.90 Å². The minimum Gasteiger partial charge on any atom is -0.478 e. The van der Waals surface area contributed by atoms with Crippen LogP contribution in [0.3, 0.4) is 0 Å². The third kappa shape index (κ3) is 3.38. The van der Waals surface area contributed by atoms with Gasteiger partial charge in [0, 0.05) is 28.6 Å². The zero-order valence-corrected chi connectivity index (χ0v) is 11.8. The average Bonchev–Trinajstić information content (AvgIpc) is 2.84. The van der Waals surface area contributed by atoms with Gasteiger partial charge in [0.05, 0.1) is 11.1 Å². The van der Waals surface area contributed by atoms with E-state index in [9.17, 15) is 4.79 Å². The fourth-order valence-electron chi connectivity index (χ4n) is 1.47. The van der Waals surface area contributed by atoms with Crippen molar-refractivity contribution in [1.29, 1.82) is 0 Å². The molecule has 0 aliphatic heterocycles. The number of hydrogen-bond acceptors (Lipinski definition) is 4. The number of nitrogens with zero attached hydrogens (tertiary/aromatic N) is 1. The first-order valence-corrected chi connectivity index (χ1v) is 6.94. The molecule has 1 heterocycles. The molecule has 0 amide bonds. The summed E-state index contributed by atoms with van der Waals surface area (Å²) in [4.78, 5) is 16.0. The quantitative estimate of drug-likeness (QED) is 0.886. The first-order valence-electron chi connectivity index (χ1n) is 5.26. The monoisotopic (exact) mass is 326 g/mol. The lowest BCUT2D eigenvalue weighted by Gasteiger charge is -2.06. The van der Waals surface area contributed by atoms with Gasteiger partial charge in [-0.05, 0) is 17.7 Å². The Morgan fingerprint density at radius 2 is 2.28 bits per heavy atom. The van der Waals surface area contributed by atoms with Crippen molar-refractivity contribution in [2.24, 2.45) is 0 Å². The van der Waals surface area contributed by atoms with E-state index in [-0.39, 0.29) is 5.56 Å². The van der Waals surface area contributed by atoms with Crippen LogP contribution >= 0.6 is 27.3 Å². The van der Waals surface area contributed by atoms with Crippen LogP contribution in [0.4, 0.5) is 0 Å². The van der Waals surface area contributed by atoms with E-state index < -0.39 is 5.97 Å². The molecule has 6 heteroatoms. The van der Waals surface area contributed by atoms with Crippen LogP contribution in [0.1, 0.15) is 20.8 Å². The number of carboxylic acid groups (broad SMARTS) is 1. The number of thiazole rings is 1. The Kier molecular flexibility index (Phi) is 4.46. The SMILES string of the molecule is O=C(O)c1ccc(CNCc2cncs2)c(Br)c1. The van der Waals surface area contributed by atoms with Crippen molar-refractivity contribution in [3.63, 3.8) is 0 Å². The number of halogens is 1. The molecule has 0 fully saturated rings. The number of hydrogen-bond donors (Lipinski definition) is 2. The van der Waals surface area contributed by atoms with Crippen LogP contribution in [-0.4, -0.2) is 16.1 Å². The maximum absolute atomic E-state index is 10.8. The van der Waals surface area contributed by atoms with Crippen molar-refractivity contribution in [2.45, 2.75) is 13.1 Å². The van der Waals surface area contributed by atoms with Gasteiger partial charge in [0.25, 0.3) is 0 Å². The molecule has 0 radical (unpaired) electrons. The minimum absolute atomic E-state index is 0.285. The van der Waals surface area contributed by atoms with Crippen LogP contribution in [0.5, 0.6) is 0 Å². The van der Waals surface area contributed by atoms with E-state index in [1.807, 2.05) is 12.3 Å². The molecule has 0 saturated carbocycles. The minimum atomic E-state index is -0.917. The van der Waals surface area contributed by atoms with Crippen LogP contribution < -0.4 is 5.32 Å². The molecule has 0 unspecified atom stereocenters. The second-order valence-corrected chi connectivity index (χ2v) is 5.51. The Balaban J connectivity index is 1.95. The molecule has 0 aliphatic carbocycles. The van der Waals surface area contributed by atoms with Gasteiger partial charge in [-0.1, -0.05) is 22.0 Å². The largest absolute Gasteiger partial charge is 0.478 e. The zero-order valence-electron chi connectivity index (χ0n) is 9.39. The Bertz CT molecular complexity index is 543. The molecule has 1 aromatic carbocycles. The van der Waals surface area contributed by atoms with Gasteiger partial charge in [-0.25, -0.2) is 4.79 Å². The highest BCUT2D eigenvalue weighted by atomic mass is 79.9. The predicted molar refractivity (Wildman–Crippen MR) is 73.8 cm³/mol. The van der Waals surface area contributed by atoms with E-state index in [0.29, 0.717) is 6.54 Å².